The van der Waals surface area contributed by atoms with E-state index in [0.717, 1.165) is 33.8 Å². The van der Waals surface area contributed by atoms with Crippen molar-refractivity contribution in [2.24, 2.45) is 0 Å². The highest BCUT2D eigenvalue weighted by molar-refractivity contribution is 7.89. The third kappa shape index (κ3) is 5.91. The second kappa shape index (κ2) is 11.4. The van der Waals surface area contributed by atoms with E-state index in [1.807, 2.05) is 59.0 Å². The number of sulfonamides is 1. The van der Waals surface area contributed by atoms with Gasteiger partial charge in [-0.15, -0.1) is 0 Å². The van der Waals surface area contributed by atoms with Gasteiger partial charge in [-0.1, -0.05) is 30.3 Å². The number of hydrogen-bond donors (Lipinski definition) is 1. The first kappa shape index (κ1) is 27.1. The lowest BCUT2D eigenvalue weighted by molar-refractivity contribution is 0.0748. The summed E-state index contributed by atoms with van der Waals surface area (Å²) < 4.78 is 30.2. The van der Waals surface area contributed by atoms with E-state index in [0.29, 0.717) is 44.1 Å². The quantitative estimate of drug-likeness (QED) is 0.366. The fourth-order valence-corrected chi connectivity index (χ4v) is 5.39. The monoisotopic (exact) mass is 558 g/mol. The number of amides is 2. The number of rotatable bonds is 7. The Balaban J connectivity index is 1.31. The van der Waals surface area contributed by atoms with E-state index in [1.165, 1.54) is 0 Å². The van der Waals surface area contributed by atoms with Gasteiger partial charge < -0.3 is 14.5 Å². The van der Waals surface area contributed by atoms with Crippen molar-refractivity contribution >= 4 is 38.3 Å². The number of fused-ring (bicyclic) bond motifs is 1. The van der Waals surface area contributed by atoms with Gasteiger partial charge in [0, 0.05) is 54.8 Å². The van der Waals surface area contributed by atoms with Gasteiger partial charge in [-0.3, -0.25) is 14.6 Å². The Morgan fingerprint density at radius 1 is 0.925 bits per heavy atom. The second-order valence-electron chi connectivity index (χ2n) is 9.58. The maximum Gasteiger partial charge on any atom is 0.264 e. The van der Waals surface area contributed by atoms with Gasteiger partial charge in [0.05, 0.1) is 19.1 Å². The molecule has 0 bridgehead atoms. The van der Waals surface area contributed by atoms with Crippen LogP contribution in [0.1, 0.15) is 27.6 Å². The van der Waals surface area contributed by atoms with Crippen molar-refractivity contribution in [2.75, 3.05) is 43.9 Å². The molecule has 0 saturated carbocycles. The number of anilines is 1. The van der Waals surface area contributed by atoms with Gasteiger partial charge >= 0.3 is 0 Å². The van der Waals surface area contributed by atoms with Crippen LogP contribution in [0.15, 0.2) is 79.1 Å². The lowest BCUT2D eigenvalue weighted by Crippen LogP contribution is -2.48. The maximum atomic E-state index is 13.7. The molecule has 4 aromatic rings. The molecule has 0 radical (unpaired) electrons. The molecule has 9 nitrogen and oxygen atoms in total. The highest BCUT2D eigenvalue weighted by Gasteiger charge is 2.24. The zero-order chi connectivity index (χ0) is 28.3. The normalized spacial score (nSPS) is 13.8. The smallest absolute Gasteiger partial charge is 0.264 e. The van der Waals surface area contributed by atoms with Crippen molar-refractivity contribution in [1.82, 2.24) is 14.6 Å². The minimum absolute atomic E-state index is 0.0172. The molecular formula is C30H30N4O5S. The fraction of sp³-hybridized carbons (Fsp3) is 0.233. The van der Waals surface area contributed by atoms with E-state index in [9.17, 15) is 18.0 Å². The van der Waals surface area contributed by atoms with Crippen LogP contribution in [0.2, 0.25) is 0 Å². The minimum Gasteiger partial charge on any atom is -0.492 e. The minimum atomic E-state index is -3.63. The Morgan fingerprint density at radius 3 is 2.30 bits per heavy atom. The number of benzene rings is 3. The van der Waals surface area contributed by atoms with Gasteiger partial charge in [-0.05, 0) is 59.7 Å². The Morgan fingerprint density at radius 2 is 1.62 bits per heavy atom. The van der Waals surface area contributed by atoms with Crippen LogP contribution >= 0.6 is 0 Å². The number of pyridine rings is 1. The molecule has 206 valence electrons. The Hall–Kier alpha value is -4.44. The summed E-state index contributed by atoms with van der Waals surface area (Å²) >= 11 is 0. The number of nitrogens with one attached hydrogen (secondary N) is 1. The molecule has 40 heavy (non-hydrogen) atoms. The fourth-order valence-electron chi connectivity index (χ4n) is 4.94. The summed E-state index contributed by atoms with van der Waals surface area (Å²) in [5.41, 5.74) is 3.73. The second-order valence-corrected chi connectivity index (χ2v) is 11.3. The standard InChI is InChI=1S/C30H30N4O5S/c1-3-39-24-18-22(19-31-20-24)25-12-13-28(27-7-5-4-6-26(25)27)30(36)34-16-14-33(15-17-34)23-10-8-21(9-11-23)29(35)32-40(2,37)38/h4-13,18-20H,3,14-17H2,1-2H3,(H,32,35). The highest BCUT2D eigenvalue weighted by Crippen LogP contribution is 2.33. The van der Waals surface area contributed by atoms with Gasteiger partial charge in [-0.2, -0.15) is 0 Å². The number of hydrogen-bond acceptors (Lipinski definition) is 7. The number of nitrogens with zero attached hydrogens (tertiary/aromatic N) is 3. The van der Waals surface area contributed by atoms with E-state index in [-0.39, 0.29) is 11.5 Å². The van der Waals surface area contributed by atoms with E-state index >= 15 is 0 Å². The average Bonchev–Trinajstić information content (AvgIpc) is 2.96. The van der Waals surface area contributed by atoms with Crippen LogP contribution in [0, 0.1) is 0 Å². The molecule has 3 aromatic carbocycles. The molecule has 10 heteroatoms. The molecule has 0 aliphatic carbocycles. The maximum absolute atomic E-state index is 13.7. The zero-order valence-electron chi connectivity index (χ0n) is 22.3. The summed E-state index contributed by atoms with van der Waals surface area (Å²) in [6.45, 7) is 4.85. The van der Waals surface area contributed by atoms with Gasteiger partial charge in [0.1, 0.15) is 5.75 Å². The van der Waals surface area contributed by atoms with Crippen molar-refractivity contribution in [1.29, 1.82) is 0 Å². The molecule has 2 heterocycles. The summed E-state index contributed by atoms with van der Waals surface area (Å²) in [5, 5.41) is 1.86. The van der Waals surface area contributed by atoms with Gasteiger partial charge in [0.15, 0.2) is 0 Å². The number of carbonyl (C=O) groups excluding carboxylic acids is 2. The molecule has 0 spiro atoms. The van der Waals surface area contributed by atoms with Gasteiger partial charge in [-0.25, -0.2) is 13.1 Å². The van der Waals surface area contributed by atoms with Gasteiger partial charge in [0.25, 0.3) is 11.8 Å². The summed E-state index contributed by atoms with van der Waals surface area (Å²) in [4.78, 5) is 34.1. The third-order valence-electron chi connectivity index (χ3n) is 6.83. The Kier molecular flexibility index (Phi) is 7.70. The van der Waals surface area contributed by atoms with Crippen LogP contribution in [-0.4, -0.2) is 69.2 Å². The molecule has 1 aliphatic rings. The summed E-state index contributed by atoms with van der Waals surface area (Å²) in [5.74, 6) is 0.0197. The van der Waals surface area contributed by atoms with Crippen molar-refractivity contribution < 1.29 is 22.7 Å². The molecule has 0 unspecified atom stereocenters. The number of piperazine rings is 1. The van der Waals surface area contributed by atoms with Gasteiger partial charge in [0.2, 0.25) is 10.0 Å². The predicted octanol–water partition coefficient (Wildman–Crippen LogP) is 3.95. The lowest BCUT2D eigenvalue weighted by Gasteiger charge is -2.36. The molecule has 1 aliphatic heterocycles. The molecule has 2 amide bonds. The van der Waals surface area contributed by atoms with Crippen molar-refractivity contribution in [3.63, 3.8) is 0 Å². The first-order chi connectivity index (χ1) is 19.2. The molecule has 1 N–H and O–H groups in total. The summed E-state index contributed by atoms with van der Waals surface area (Å²) in [6.07, 6.45) is 4.43. The molecule has 0 atom stereocenters. The Labute approximate surface area is 233 Å². The van der Waals surface area contributed by atoms with Crippen LogP contribution in [0.5, 0.6) is 5.75 Å². The molecule has 1 saturated heterocycles. The largest absolute Gasteiger partial charge is 0.492 e. The topological polar surface area (TPSA) is 109 Å². The lowest BCUT2D eigenvalue weighted by atomic mass is 9.95. The van der Waals surface area contributed by atoms with Crippen LogP contribution < -0.4 is 14.4 Å². The summed E-state index contributed by atoms with van der Waals surface area (Å²) in [7, 11) is -3.63. The van der Waals surface area contributed by atoms with Crippen molar-refractivity contribution in [3.8, 4) is 16.9 Å². The Bertz CT molecular complexity index is 1660. The number of carbonyl (C=O) groups is 2. The summed E-state index contributed by atoms with van der Waals surface area (Å²) in [6, 6.07) is 20.5. The first-order valence-corrected chi connectivity index (χ1v) is 14.9. The molecule has 1 fully saturated rings. The van der Waals surface area contributed by atoms with Crippen LogP contribution in [0.3, 0.4) is 0 Å². The van der Waals surface area contributed by atoms with E-state index < -0.39 is 15.9 Å². The number of aromatic nitrogens is 1. The first-order valence-electron chi connectivity index (χ1n) is 13.0. The van der Waals surface area contributed by atoms with Crippen molar-refractivity contribution in [2.45, 2.75) is 6.92 Å². The predicted molar refractivity (Wildman–Crippen MR) is 155 cm³/mol. The number of ether oxygens (including phenoxy) is 1. The average molecular weight is 559 g/mol. The van der Waals surface area contributed by atoms with Crippen LogP contribution in [-0.2, 0) is 10.0 Å². The zero-order valence-corrected chi connectivity index (χ0v) is 23.1. The molecular weight excluding hydrogens is 528 g/mol. The van der Waals surface area contributed by atoms with Crippen LogP contribution in [0.4, 0.5) is 5.69 Å². The third-order valence-corrected chi connectivity index (χ3v) is 7.39. The van der Waals surface area contributed by atoms with E-state index in [2.05, 4.69) is 9.88 Å². The van der Waals surface area contributed by atoms with E-state index in [4.69, 9.17) is 4.74 Å². The van der Waals surface area contributed by atoms with Crippen LogP contribution in [0.25, 0.3) is 21.9 Å². The molecule has 5 rings (SSSR count). The highest BCUT2D eigenvalue weighted by atomic mass is 32.2. The molecule has 1 aromatic heterocycles. The van der Waals surface area contributed by atoms with E-state index in [1.54, 1.807) is 36.7 Å². The SMILES string of the molecule is CCOc1cncc(-c2ccc(C(=O)N3CCN(c4ccc(C(=O)NS(C)(=O)=O)cc4)CC3)c3ccccc23)c1. The van der Waals surface area contributed by atoms with Crippen molar-refractivity contribution in [3.05, 3.63) is 90.3 Å².